The van der Waals surface area contributed by atoms with E-state index < -0.39 is 6.04 Å². The summed E-state index contributed by atoms with van der Waals surface area (Å²) in [6, 6.07) is 14.8. The first-order valence-corrected chi connectivity index (χ1v) is 8.90. The van der Waals surface area contributed by atoms with E-state index in [4.69, 9.17) is 9.15 Å². The van der Waals surface area contributed by atoms with Crippen LogP contribution in [0.25, 0.3) is 11.0 Å². The van der Waals surface area contributed by atoms with Crippen LogP contribution in [0.2, 0.25) is 0 Å². The van der Waals surface area contributed by atoms with Gasteiger partial charge >= 0.3 is 0 Å². The SMILES string of the molecule is Cc1oc2ccc(OCc3ccccc3)cc2c1C(=O)N[C@H]1CCNC1=O. The van der Waals surface area contributed by atoms with Gasteiger partial charge in [-0.3, -0.25) is 9.59 Å². The van der Waals surface area contributed by atoms with Gasteiger partial charge in [-0.25, -0.2) is 0 Å². The van der Waals surface area contributed by atoms with Crippen molar-refractivity contribution in [3.05, 3.63) is 65.4 Å². The summed E-state index contributed by atoms with van der Waals surface area (Å²) < 4.78 is 11.6. The summed E-state index contributed by atoms with van der Waals surface area (Å²) in [7, 11) is 0. The molecule has 0 spiro atoms. The maximum Gasteiger partial charge on any atom is 0.256 e. The Balaban J connectivity index is 1.57. The Bertz CT molecular complexity index is 994. The number of aryl methyl sites for hydroxylation is 1. The molecular weight excluding hydrogens is 344 g/mol. The van der Waals surface area contributed by atoms with Gasteiger partial charge in [0, 0.05) is 11.9 Å². The van der Waals surface area contributed by atoms with Crippen molar-refractivity contribution < 1.29 is 18.7 Å². The zero-order chi connectivity index (χ0) is 18.8. The predicted molar refractivity (Wildman–Crippen MR) is 101 cm³/mol. The molecule has 0 bridgehead atoms. The van der Waals surface area contributed by atoms with E-state index in [1.165, 1.54) is 0 Å². The molecule has 1 aromatic heterocycles. The third-order valence-corrected chi connectivity index (χ3v) is 4.66. The highest BCUT2D eigenvalue weighted by molar-refractivity contribution is 6.08. The highest BCUT2D eigenvalue weighted by Crippen LogP contribution is 2.29. The number of amides is 2. The average molecular weight is 364 g/mol. The van der Waals surface area contributed by atoms with Gasteiger partial charge < -0.3 is 19.8 Å². The van der Waals surface area contributed by atoms with Crippen molar-refractivity contribution in [1.29, 1.82) is 0 Å². The van der Waals surface area contributed by atoms with E-state index in [9.17, 15) is 9.59 Å². The monoisotopic (exact) mass is 364 g/mol. The zero-order valence-corrected chi connectivity index (χ0v) is 15.0. The Kier molecular flexibility index (Phi) is 4.54. The lowest BCUT2D eigenvalue weighted by molar-refractivity contribution is -0.120. The van der Waals surface area contributed by atoms with Crippen LogP contribution < -0.4 is 15.4 Å². The number of hydrogen-bond donors (Lipinski definition) is 2. The van der Waals surface area contributed by atoms with Crippen LogP contribution in [0.5, 0.6) is 5.75 Å². The predicted octanol–water partition coefficient (Wildman–Crippen LogP) is 2.94. The second-order valence-electron chi connectivity index (χ2n) is 6.57. The van der Waals surface area contributed by atoms with E-state index in [0.29, 0.717) is 47.6 Å². The van der Waals surface area contributed by atoms with Gasteiger partial charge in [-0.05, 0) is 37.1 Å². The van der Waals surface area contributed by atoms with Crippen molar-refractivity contribution in [2.75, 3.05) is 6.54 Å². The van der Waals surface area contributed by atoms with Crippen LogP contribution in [-0.4, -0.2) is 24.4 Å². The molecule has 138 valence electrons. The van der Waals surface area contributed by atoms with Crippen molar-refractivity contribution >= 4 is 22.8 Å². The molecule has 1 saturated heterocycles. The molecule has 1 aliphatic heterocycles. The number of carbonyl (C=O) groups is 2. The highest BCUT2D eigenvalue weighted by atomic mass is 16.5. The number of benzene rings is 2. The molecule has 4 rings (SSSR count). The molecule has 1 fully saturated rings. The lowest BCUT2D eigenvalue weighted by Gasteiger charge is -2.10. The largest absolute Gasteiger partial charge is 0.489 e. The Morgan fingerprint density at radius 3 is 2.81 bits per heavy atom. The van der Waals surface area contributed by atoms with E-state index in [2.05, 4.69) is 10.6 Å². The van der Waals surface area contributed by atoms with Crippen LogP contribution in [-0.2, 0) is 11.4 Å². The van der Waals surface area contributed by atoms with Gasteiger partial charge in [-0.1, -0.05) is 30.3 Å². The second kappa shape index (κ2) is 7.15. The fraction of sp³-hybridized carbons (Fsp3) is 0.238. The highest BCUT2D eigenvalue weighted by Gasteiger charge is 2.28. The van der Waals surface area contributed by atoms with Crippen LogP contribution >= 0.6 is 0 Å². The molecule has 1 atom stereocenters. The smallest absolute Gasteiger partial charge is 0.256 e. The van der Waals surface area contributed by atoms with Gasteiger partial charge in [0.05, 0.1) is 5.56 Å². The minimum absolute atomic E-state index is 0.152. The number of nitrogens with one attached hydrogen (secondary N) is 2. The quantitative estimate of drug-likeness (QED) is 0.729. The minimum atomic E-state index is -0.501. The molecule has 2 amide bonds. The molecule has 0 radical (unpaired) electrons. The third kappa shape index (κ3) is 3.51. The second-order valence-corrected chi connectivity index (χ2v) is 6.57. The number of ether oxygens (including phenoxy) is 1. The normalized spacial score (nSPS) is 16.3. The van der Waals surface area contributed by atoms with Crippen LogP contribution in [0.1, 0.15) is 28.1 Å². The van der Waals surface area contributed by atoms with E-state index in [1.807, 2.05) is 36.4 Å². The number of hydrogen-bond acceptors (Lipinski definition) is 4. The molecule has 2 aromatic carbocycles. The Hall–Kier alpha value is -3.28. The first-order chi connectivity index (χ1) is 13.1. The van der Waals surface area contributed by atoms with E-state index in [1.54, 1.807) is 19.1 Å². The molecule has 0 aliphatic carbocycles. The minimum Gasteiger partial charge on any atom is -0.489 e. The molecule has 1 aliphatic rings. The van der Waals surface area contributed by atoms with Gasteiger partial charge in [-0.2, -0.15) is 0 Å². The van der Waals surface area contributed by atoms with Crippen molar-refractivity contribution in [3.8, 4) is 5.75 Å². The third-order valence-electron chi connectivity index (χ3n) is 4.66. The fourth-order valence-electron chi connectivity index (χ4n) is 3.27. The van der Waals surface area contributed by atoms with Crippen LogP contribution in [0.15, 0.2) is 52.9 Å². The topological polar surface area (TPSA) is 80.6 Å². The standard InChI is InChI=1S/C21H20N2O4/c1-13-19(21(25)23-17-9-10-22-20(17)24)16-11-15(7-8-18(16)27-13)26-12-14-5-3-2-4-6-14/h2-8,11,17H,9-10,12H2,1H3,(H,22,24)(H,23,25)/t17-/m0/s1. The number of furan rings is 1. The van der Waals surface area contributed by atoms with Gasteiger partial charge in [0.2, 0.25) is 5.91 Å². The van der Waals surface area contributed by atoms with Crippen molar-refractivity contribution in [2.24, 2.45) is 0 Å². The molecule has 0 unspecified atom stereocenters. The number of carbonyl (C=O) groups excluding carboxylic acids is 2. The zero-order valence-electron chi connectivity index (χ0n) is 15.0. The molecule has 6 nitrogen and oxygen atoms in total. The Morgan fingerprint density at radius 2 is 2.07 bits per heavy atom. The van der Waals surface area contributed by atoms with Crippen molar-refractivity contribution in [2.45, 2.75) is 26.0 Å². The molecule has 2 heterocycles. The fourth-order valence-corrected chi connectivity index (χ4v) is 3.27. The molecular formula is C21H20N2O4. The molecule has 2 N–H and O–H groups in total. The first kappa shape index (κ1) is 17.1. The average Bonchev–Trinajstić information content (AvgIpc) is 3.22. The van der Waals surface area contributed by atoms with E-state index in [-0.39, 0.29) is 11.8 Å². The van der Waals surface area contributed by atoms with Crippen LogP contribution in [0.3, 0.4) is 0 Å². The van der Waals surface area contributed by atoms with Crippen molar-refractivity contribution in [3.63, 3.8) is 0 Å². The molecule has 0 saturated carbocycles. The number of fused-ring (bicyclic) bond motifs is 1. The summed E-state index contributed by atoms with van der Waals surface area (Å²) in [4.78, 5) is 24.5. The summed E-state index contributed by atoms with van der Waals surface area (Å²) in [5.74, 6) is 0.704. The summed E-state index contributed by atoms with van der Waals surface area (Å²) in [5, 5.41) is 6.18. The summed E-state index contributed by atoms with van der Waals surface area (Å²) >= 11 is 0. The lowest BCUT2D eigenvalue weighted by Crippen LogP contribution is -2.40. The molecule has 27 heavy (non-hydrogen) atoms. The molecule has 3 aromatic rings. The Morgan fingerprint density at radius 1 is 1.26 bits per heavy atom. The maximum atomic E-state index is 12.7. The van der Waals surface area contributed by atoms with Crippen molar-refractivity contribution in [1.82, 2.24) is 10.6 Å². The van der Waals surface area contributed by atoms with E-state index in [0.717, 1.165) is 5.56 Å². The number of rotatable bonds is 5. The lowest BCUT2D eigenvalue weighted by atomic mass is 10.1. The van der Waals surface area contributed by atoms with Gasteiger partial charge in [0.25, 0.3) is 5.91 Å². The van der Waals surface area contributed by atoms with Gasteiger partial charge in [-0.15, -0.1) is 0 Å². The van der Waals surface area contributed by atoms with Gasteiger partial charge in [0.1, 0.15) is 29.7 Å². The first-order valence-electron chi connectivity index (χ1n) is 8.90. The Labute approximate surface area is 156 Å². The molecule has 6 heteroatoms. The summed E-state index contributed by atoms with van der Waals surface area (Å²) in [6.07, 6.45) is 0.588. The summed E-state index contributed by atoms with van der Waals surface area (Å²) in [5.41, 5.74) is 2.11. The maximum absolute atomic E-state index is 12.7. The summed E-state index contributed by atoms with van der Waals surface area (Å²) in [6.45, 7) is 2.76. The van der Waals surface area contributed by atoms with E-state index >= 15 is 0 Å². The van der Waals surface area contributed by atoms with Crippen LogP contribution in [0, 0.1) is 6.92 Å². The van der Waals surface area contributed by atoms with Crippen LogP contribution in [0.4, 0.5) is 0 Å². The van der Waals surface area contributed by atoms with Gasteiger partial charge in [0.15, 0.2) is 0 Å².